The van der Waals surface area contributed by atoms with Crippen molar-refractivity contribution in [1.29, 1.82) is 0 Å². The van der Waals surface area contributed by atoms with Gasteiger partial charge in [0.1, 0.15) is 5.82 Å². The van der Waals surface area contributed by atoms with Gasteiger partial charge in [-0.15, -0.1) is 0 Å². The summed E-state index contributed by atoms with van der Waals surface area (Å²) in [6, 6.07) is 3.96. The summed E-state index contributed by atoms with van der Waals surface area (Å²) in [6.45, 7) is 0.489. The zero-order valence-corrected chi connectivity index (χ0v) is 20.4. The van der Waals surface area contributed by atoms with E-state index in [0.29, 0.717) is 49.3 Å². The molecule has 2 aromatic heterocycles. The molecule has 6 rings (SSSR count). The minimum atomic E-state index is -0.631. The van der Waals surface area contributed by atoms with Crippen LogP contribution in [0.3, 0.4) is 0 Å². The molecule has 3 aromatic rings. The van der Waals surface area contributed by atoms with Gasteiger partial charge >= 0.3 is 0 Å². The van der Waals surface area contributed by atoms with Gasteiger partial charge in [-0.25, -0.2) is 13.8 Å². The zero-order chi connectivity index (χ0) is 25.8. The van der Waals surface area contributed by atoms with Gasteiger partial charge in [0, 0.05) is 41.7 Å². The second-order valence-electron chi connectivity index (χ2n) is 9.56. The van der Waals surface area contributed by atoms with E-state index in [1.54, 1.807) is 4.90 Å². The van der Waals surface area contributed by atoms with E-state index in [-0.39, 0.29) is 51.4 Å². The Labute approximate surface area is 215 Å². The number of aromatic amines is 1. The van der Waals surface area contributed by atoms with Crippen LogP contribution in [0.5, 0.6) is 0 Å². The van der Waals surface area contributed by atoms with Crippen LogP contribution in [-0.2, 0) is 9.59 Å². The number of hydrogen-bond donors (Lipinski definition) is 3. The van der Waals surface area contributed by atoms with E-state index < -0.39 is 17.6 Å². The Kier molecular flexibility index (Phi) is 5.71. The molecule has 8 nitrogen and oxygen atoms in total. The maximum absolute atomic E-state index is 15.4. The number of anilines is 1. The third kappa shape index (κ3) is 3.87. The van der Waals surface area contributed by atoms with Crippen molar-refractivity contribution >= 4 is 34.7 Å². The van der Waals surface area contributed by atoms with Gasteiger partial charge in [-0.05, 0) is 49.5 Å². The lowest BCUT2D eigenvalue weighted by atomic mass is 9.92. The number of carbonyl (C=O) groups is 2. The van der Waals surface area contributed by atoms with Crippen LogP contribution in [0.25, 0.3) is 16.8 Å². The predicted octanol–water partition coefficient (Wildman–Crippen LogP) is 4.11. The second kappa shape index (κ2) is 8.95. The van der Waals surface area contributed by atoms with Crippen molar-refractivity contribution in [3.63, 3.8) is 0 Å². The molecule has 4 N–H and O–H groups in total. The number of halogens is 3. The van der Waals surface area contributed by atoms with E-state index in [9.17, 15) is 14.0 Å². The molecule has 2 saturated heterocycles. The molecule has 2 amide bonds. The van der Waals surface area contributed by atoms with Gasteiger partial charge in [0.25, 0.3) is 0 Å². The topological polar surface area (TPSA) is 117 Å². The third-order valence-electron chi connectivity index (χ3n) is 7.45. The van der Waals surface area contributed by atoms with Crippen molar-refractivity contribution in [3.05, 3.63) is 70.4 Å². The molecule has 0 bridgehead atoms. The van der Waals surface area contributed by atoms with Crippen molar-refractivity contribution in [2.24, 2.45) is 0 Å². The van der Waals surface area contributed by atoms with Gasteiger partial charge in [0.2, 0.25) is 11.8 Å². The van der Waals surface area contributed by atoms with Crippen molar-refractivity contribution in [2.45, 2.75) is 43.7 Å². The Morgan fingerprint density at radius 2 is 1.92 bits per heavy atom. The predicted molar refractivity (Wildman–Crippen MR) is 133 cm³/mol. The molecule has 2 fully saturated rings. The van der Waals surface area contributed by atoms with Gasteiger partial charge in [-0.1, -0.05) is 11.6 Å². The summed E-state index contributed by atoms with van der Waals surface area (Å²) in [4.78, 5) is 38.8. The second-order valence-corrected chi connectivity index (χ2v) is 9.97. The van der Waals surface area contributed by atoms with Crippen LogP contribution in [0.2, 0.25) is 5.02 Å². The van der Waals surface area contributed by atoms with Crippen LogP contribution in [0.4, 0.5) is 14.5 Å². The van der Waals surface area contributed by atoms with Crippen LogP contribution >= 0.6 is 11.6 Å². The molecule has 3 aliphatic heterocycles. The molecule has 11 heteroatoms. The van der Waals surface area contributed by atoms with E-state index in [2.05, 4.69) is 20.3 Å². The lowest BCUT2D eigenvalue weighted by Gasteiger charge is -2.33. The summed E-state index contributed by atoms with van der Waals surface area (Å²) >= 11 is 5.96. The third-order valence-corrected chi connectivity index (χ3v) is 7.75. The number of hydrogen-bond acceptors (Lipinski definition) is 5. The van der Waals surface area contributed by atoms with E-state index in [1.165, 1.54) is 36.7 Å². The van der Waals surface area contributed by atoms with Crippen LogP contribution in [0, 0.1) is 11.6 Å². The fourth-order valence-corrected chi connectivity index (χ4v) is 5.85. The van der Waals surface area contributed by atoms with Crippen LogP contribution < -0.4 is 11.1 Å². The fraction of sp³-hybridized carbons (Fsp3) is 0.308. The largest absolute Gasteiger partial charge is 0.398 e. The van der Waals surface area contributed by atoms with Gasteiger partial charge in [-0.3, -0.25) is 14.6 Å². The average molecular weight is 525 g/mol. The molecule has 0 saturated carbocycles. The highest BCUT2D eigenvalue weighted by Gasteiger charge is 2.42. The standard InChI is InChI=1S/C26H23ClF2N6O2/c27-16-2-3-17(30)21(23(16)29)12-9-13-1-4-19(35(13)20(36)10-12)25-33-11-18(34-25)14-5-7-31-24(22(14)28)15-6-8-32-26(15)37/h2-3,5,7,10-11,13,15,19H,1,4,6,8-9,30H2,(H,32,37)(H,33,34)/t13?,15?,19-/m0/s1. The summed E-state index contributed by atoms with van der Waals surface area (Å²) in [5, 5.41) is 2.66. The lowest BCUT2D eigenvalue weighted by molar-refractivity contribution is -0.129. The van der Waals surface area contributed by atoms with Gasteiger partial charge in [0.05, 0.1) is 34.6 Å². The lowest BCUT2D eigenvalue weighted by Crippen LogP contribution is -2.39. The Balaban J connectivity index is 1.28. The molecule has 37 heavy (non-hydrogen) atoms. The summed E-state index contributed by atoms with van der Waals surface area (Å²) in [6.07, 6.45) is 6.67. The number of rotatable bonds is 4. The number of amides is 2. The number of aromatic nitrogens is 3. The van der Waals surface area contributed by atoms with Gasteiger partial charge < -0.3 is 20.9 Å². The number of imidazole rings is 1. The first kappa shape index (κ1) is 23.6. The highest BCUT2D eigenvalue weighted by molar-refractivity contribution is 6.31. The number of benzene rings is 1. The molecule has 190 valence electrons. The number of nitrogens with two attached hydrogens (primary N) is 1. The number of H-pyrrole nitrogens is 1. The minimum absolute atomic E-state index is 0.0487. The molecule has 3 atom stereocenters. The first-order valence-corrected chi connectivity index (χ1v) is 12.5. The Hall–Kier alpha value is -3.79. The normalized spacial score (nSPS) is 23.3. The first-order valence-electron chi connectivity index (χ1n) is 12.1. The van der Waals surface area contributed by atoms with Crippen molar-refractivity contribution < 1.29 is 18.4 Å². The van der Waals surface area contributed by atoms with Gasteiger partial charge in [0.15, 0.2) is 11.6 Å². The first-order chi connectivity index (χ1) is 17.8. The minimum Gasteiger partial charge on any atom is -0.398 e. The monoisotopic (exact) mass is 524 g/mol. The average Bonchev–Trinajstić information content (AvgIpc) is 3.62. The molecule has 1 aromatic carbocycles. The zero-order valence-electron chi connectivity index (χ0n) is 19.6. The van der Waals surface area contributed by atoms with E-state index in [4.69, 9.17) is 17.3 Å². The van der Waals surface area contributed by atoms with Crippen LogP contribution in [0.15, 0.2) is 36.7 Å². The molecular formula is C26H23ClF2N6O2. The molecule has 0 spiro atoms. The number of pyridine rings is 1. The number of fused-ring (bicyclic) bond motifs is 1. The number of nitrogens with zero attached hydrogens (tertiary/aromatic N) is 3. The molecule has 0 radical (unpaired) electrons. The van der Waals surface area contributed by atoms with Crippen LogP contribution in [-0.4, -0.2) is 44.3 Å². The SMILES string of the molecule is Nc1ccc(Cl)c(F)c1C1=CC(=O)N2C(CC[C@H]2c2ncc(-c3ccnc(C4CCNC4=O)c3F)[nH]2)C1. The Bertz CT molecular complexity index is 1470. The number of carbonyl (C=O) groups excluding carboxylic acids is 2. The summed E-state index contributed by atoms with van der Waals surface area (Å²) in [5.41, 5.74) is 7.75. The Morgan fingerprint density at radius 3 is 2.70 bits per heavy atom. The number of nitrogens with one attached hydrogen (secondary N) is 2. The fourth-order valence-electron chi connectivity index (χ4n) is 5.70. The molecule has 5 heterocycles. The van der Waals surface area contributed by atoms with E-state index >= 15 is 4.39 Å². The van der Waals surface area contributed by atoms with Crippen molar-refractivity contribution in [2.75, 3.05) is 12.3 Å². The van der Waals surface area contributed by atoms with E-state index in [0.717, 1.165) is 0 Å². The Morgan fingerprint density at radius 1 is 1.08 bits per heavy atom. The van der Waals surface area contributed by atoms with Crippen LogP contribution in [0.1, 0.15) is 54.7 Å². The van der Waals surface area contributed by atoms with Crippen molar-refractivity contribution in [3.8, 4) is 11.3 Å². The summed E-state index contributed by atoms with van der Waals surface area (Å²) < 4.78 is 30.1. The molecule has 0 aliphatic carbocycles. The van der Waals surface area contributed by atoms with Gasteiger partial charge in [-0.2, -0.15) is 0 Å². The molecular weight excluding hydrogens is 502 g/mol. The quantitative estimate of drug-likeness (QED) is 0.444. The smallest absolute Gasteiger partial charge is 0.247 e. The summed E-state index contributed by atoms with van der Waals surface area (Å²) in [5.74, 6) is -1.78. The molecule has 2 unspecified atom stereocenters. The maximum Gasteiger partial charge on any atom is 0.247 e. The molecule has 3 aliphatic rings. The van der Waals surface area contributed by atoms with Crippen molar-refractivity contribution in [1.82, 2.24) is 25.2 Å². The van der Waals surface area contributed by atoms with E-state index in [1.807, 2.05) is 0 Å². The number of nitrogen functional groups attached to an aromatic ring is 1. The summed E-state index contributed by atoms with van der Waals surface area (Å²) in [7, 11) is 0. The maximum atomic E-state index is 15.4. The highest BCUT2D eigenvalue weighted by atomic mass is 35.5. The highest BCUT2D eigenvalue weighted by Crippen LogP contribution is 2.44.